The zero-order valence-electron chi connectivity index (χ0n) is 19.0. The number of anilines is 1. The summed E-state index contributed by atoms with van der Waals surface area (Å²) in [6.07, 6.45) is 2.35. The molecule has 0 saturated heterocycles. The number of rotatable bonds is 5. The summed E-state index contributed by atoms with van der Waals surface area (Å²) in [6, 6.07) is 16.3. The molecule has 0 bridgehead atoms. The van der Waals surface area contributed by atoms with Crippen molar-refractivity contribution in [2.24, 2.45) is 0 Å². The van der Waals surface area contributed by atoms with Crippen LogP contribution in [0.1, 0.15) is 45.7 Å². The van der Waals surface area contributed by atoms with Gasteiger partial charge in [0.2, 0.25) is 0 Å². The number of nitrogens with one attached hydrogen (secondary N) is 2. The number of ether oxygens (including phenoxy) is 1. The van der Waals surface area contributed by atoms with Gasteiger partial charge in [-0.1, -0.05) is 35.9 Å². The van der Waals surface area contributed by atoms with Crippen molar-refractivity contribution in [3.63, 3.8) is 0 Å². The molecule has 7 heteroatoms. The lowest BCUT2D eigenvalue weighted by Crippen LogP contribution is -2.43. The van der Waals surface area contributed by atoms with Gasteiger partial charge in [0.25, 0.3) is 5.91 Å². The standard InChI is InChI=1S/C27H24ClFN2O3/c1-27(2)15-17-10-11-19(34-3)13-20(17)23(31-27)14-24(32)16-6-4-7-18(12-16)30-26(33)25-21(28)8-5-9-22(25)29/h4-14,31H,15H2,1-3H3,(H,30,33)/b23-14-. The SMILES string of the molecule is COc1ccc2c(c1)/C(=C/C(=O)c1cccc(NC(=O)c3c(F)cccc3Cl)c1)NC(C)(C)C2. The zero-order chi connectivity index (χ0) is 24.5. The molecule has 0 aliphatic carbocycles. The molecule has 0 radical (unpaired) electrons. The van der Waals surface area contributed by atoms with Gasteiger partial charge in [-0.3, -0.25) is 9.59 Å². The molecule has 3 aromatic rings. The van der Waals surface area contributed by atoms with Crippen molar-refractivity contribution in [2.75, 3.05) is 12.4 Å². The summed E-state index contributed by atoms with van der Waals surface area (Å²) in [6.45, 7) is 4.14. The van der Waals surface area contributed by atoms with Gasteiger partial charge in [0.15, 0.2) is 5.78 Å². The molecule has 1 heterocycles. The third kappa shape index (κ3) is 4.97. The maximum absolute atomic E-state index is 14.1. The van der Waals surface area contributed by atoms with Gasteiger partial charge in [0, 0.05) is 34.1 Å². The molecule has 0 saturated carbocycles. The van der Waals surface area contributed by atoms with Crippen LogP contribution in [0.2, 0.25) is 5.02 Å². The molecule has 5 nitrogen and oxygen atoms in total. The van der Waals surface area contributed by atoms with E-state index in [0.29, 0.717) is 22.7 Å². The van der Waals surface area contributed by atoms with Gasteiger partial charge in [-0.05, 0) is 62.2 Å². The van der Waals surface area contributed by atoms with Crippen molar-refractivity contribution in [1.29, 1.82) is 0 Å². The van der Waals surface area contributed by atoms with Crippen molar-refractivity contribution in [3.8, 4) is 5.75 Å². The van der Waals surface area contributed by atoms with Crippen LogP contribution in [0.15, 0.2) is 66.7 Å². The zero-order valence-corrected chi connectivity index (χ0v) is 19.8. The summed E-state index contributed by atoms with van der Waals surface area (Å²) in [7, 11) is 1.60. The van der Waals surface area contributed by atoms with Crippen LogP contribution in [-0.4, -0.2) is 24.3 Å². The minimum Gasteiger partial charge on any atom is -0.497 e. The van der Waals surface area contributed by atoms with Crippen LogP contribution in [0.5, 0.6) is 5.75 Å². The van der Waals surface area contributed by atoms with Crippen LogP contribution in [0.3, 0.4) is 0 Å². The molecule has 3 aromatic carbocycles. The van der Waals surface area contributed by atoms with Crippen molar-refractivity contribution >= 4 is 34.7 Å². The second-order valence-electron chi connectivity index (χ2n) is 8.76. The molecule has 2 N–H and O–H groups in total. The average molecular weight is 479 g/mol. The normalized spacial score (nSPS) is 15.3. The average Bonchev–Trinajstić information content (AvgIpc) is 2.78. The van der Waals surface area contributed by atoms with Gasteiger partial charge in [-0.15, -0.1) is 0 Å². The molecular formula is C27H24ClFN2O3. The van der Waals surface area contributed by atoms with Crippen LogP contribution >= 0.6 is 11.6 Å². The van der Waals surface area contributed by atoms with E-state index in [-0.39, 0.29) is 21.9 Å². The largest absolute Gasteiger partial charge is 0.497 e. The Morgan fingerprint density at radius 3 is 2.62 bits per heavy atom. The van der Waals surface area contributed by atoms with Crippen LogP contribution in [-0.2, 0) is 6.42 Å². The Hall–Kier alpha value is -3.64. The quantitative estimate of drug-likeness (QED) is 0.354. The second-order valence-corrected chi connectivity index (χ2v) is 9.17. The Morgan fingerprint density at radius 2 is 1.88 bits per heavy atom. The number of methoxy groups -OCH3 is 1. The lowest BCUT2D eigenvalue weighted by Gasteiger charge is -2.35. The monoisotopic (exact) mass is 478 g/mol. The fourth-order valence-corrected chi connectivity index (χ4v) is 4.28. The molecule has 0 spiro atoms. The molecule has 174 valence electrons. The van der Waals surface area contributed by atoms with Crippen LogP contribution in [0.4, 0.5) is 10.1 Å². The van der Waals surface area contributed by atoms with E-state index in [4.69, 9.17) is 16.3 Å². The highest BCUT2D eigenvalue weighted by Gasteiger charge is 2.28. The van der Waals surface area contributed by atoms with E-state index in [9.17, 15) is 14.0 Å². The Labute approximate surface area is 202 Å². The van der Waals surface area contributed by atoms with E-state index < -0.39 is 11.7 Å². The molecule has 1 amide bonds. The smallest absolute Gasteiger partial charge is 0.260 e. The van der Waals surface area contributed by atoms with Gasteiger partial charge in [-0.25, -0.2) is 4.39 Å². The number of hydrogen-bond donors (Lipinski definition) is 2. The number of allylic oxidation sites excluding steroid dienone is 1. The number of ketones is 1. The number of carbonyl (C=O) groups is 2. The second kappa shape index (κ2) is 9.31. The molecule has 0 fully saturated rings. The molecule has 0 unspecified atom stereocenters. The van der Waals surface area contributed by atoms with E-state index in [2.05, 4.69) is 24.5 Å². The number of carbonyl (C=O) groups excluding carboxylic acids is 2. The lowest BCUT2D eigenvalue weighted by atomic mass is 9.85. The van der Waals surface area contributed by atoms with Gasteiger partial charge >= 0.3 is 0 Å². The molecule has 0 aromatic heterocycles. The lowest BCUT2D eigenvalue weighted by molar-refractivity contribution is 0.101. The van der Waals surface area contributed by atoms with E-state index in [1.54, 1.807) is 37.5 Å². The predicted octanol–water partition coefficient (Wildman–Crippen LogP) is 5.89. The fraction of sp³-hybridized carbons (Fsp3) is 0.185. The summed E-state index contributed by atoms with van der Waals surface area (Å²) < 4.78 is 19.4. The fourth-order valence-electron chi connectivity index (χ4n) is 4.03. The number of benzene rings is 3. The number of amides is 1. The van der Waals surface area contributed by atoms with Gasteiger partial charge in [0.05, 0.1) is 17.7 Å². The van der Waals surface area contributed by atoms with Crippen molar-refractivity contribution in [3.05, 3.63) is 99.8 Å². The van der Waals surface area contributed by atoms with Crippen molar-refractivity contribution in [2.45, 2.75) is 25.8 Å². The Balaban J connectivity index is 1.62. The first-order valence-electron chi connectivity index (χ1n) is 10.7. The first-order chi connectivity index (χ1) is 16.2. The van der Waals surface area contributed by atoms with E-state index >= 15 is 0 Å². The summed E-state index contributed by atoms with van der Waals surface area (Å²) in [5.41, 5.74) is 2.97. The number of hydrogen-bond acceptors (Lipinski definition) is 4. The number of fused-ring (bicyclic) bond motifs is 1. The molecule has 1 aliphatic rings. The topological polar surface area (TPSA) is 67.4 Å². The molecule has 1 aliphatic heterocycles. The highest BCUT2D eigenvalue weighted by molar-refractivity contribution is 6.34. The predicted molar refractivity (Wildman–Crippen MR) is 132 cm³/mol. The van der Waals surface area contributed by atoms with Crippen LogP contribution < -0.4 is 15.4 Å². The summed E-state index contributed by atoms with van der Waals surface area (Å²) in [5, 5.41) is 6.06. The van der Waals surface area contributed by atoms with Gasteiger partial charge in [-0.2, -0.15) is 0 Å². The van der Waals surface area contributed by atoms with Crippen molar-refractivity contribution in [1.82, 2.24) is 5.32 Å². The maximum atomic E-state index is 14.1. The minimum atomic E-state index is -0.720. The Kier molecular flexibility index (Phi) is 6.44. The third-order valence-electron chi connectivity index (χ3n) is 5.58. The van der Waals surface area contributed by atoms with E-state index in [1.807, 2.05) is 18.2 Å². The summed E-state index contributed by atoms with van der Waals surface area (Å²) in [4.78, 5) is 25.7. The summed E-state index contributed by atoms with van der Waals surface area (Å²) in [5.74, 6) is -0.950. The summed E-state index contributed by atoms with van der Waals surface area (Å²) >= 11 is 5.99. The third-order valence-corrected chi connectivity index (χ3v) is 5.90. The first-order valence-corrected chi connectivity index (χ1v) is 11.1. The van der Waals surface area contributed by atoms with E-state index in [0.717, 1.165) is 17.5 Å². The highest BCUT2D eigenvalue weighted by Crippen LogP contribution is 2.32. The van der Waals surface area contributed by atoms with E-state index in [1.165, 1.54) is 18.2 Å². The molecule has 34 heavy (non-hydrogen) atoms. The molecule has 4 rings (SSSR count). The Bertz CT molecular complexity index is 1300. The minimum absolute atomic E-state index is 0.00884. The Morgan fingerprint density at radius 1 is 1.12 bits per heavy atom. The van der Waals surface area contributed by atoms with Crippen molar-refractivity contribution < 1.29 is 18.7 Å². The number of halogens is 2. The van der Waals surface area contributed by atoms with Gasteiger partial charge < -0.3 is 15.4 Å². The van der Waals surface area contributed by atoms with Crippen LogP contribution in [0, 0.1) is 5.82 Å². The van der Waals surface area contributed by atoms with Crippen LogP contribution in [0.25, 0.3) is 5.70 Å². The van der Waals surface area contributed by atoms with Gasteiger partial charge in [0.1, 0.15) is 11.6 Å². The molecule has 0 atom stereocenters. The highest BCUT2D eigenvalue weighted by atomic mass is 35.5. The first kappa shape index (κ1) is 23.5. The maximum Gasteiger partial charge on any atom is 0.260 e. The molecular weight excluding hydrogens is 455 g/mol.